The number of morpholine rings is 1. The molecule has 0 spiro atoms. The van der Waals surface area contributed by atoms with Gasteiger partial charge in [-0.05, 0) is 49.9 Å². The van der Waals surface area contributed by atoms with E-state index in [1.165, 1.54) is 0 Å². The average Bonchev–Trinajstić information content (AvgIpc) is 3.43. The van der Waals surface area contributed by atoms with Gasteiger partial charge in [-0.2, -0.15) is 5.10 Å². The number of carbonyl (C=O) groups excluding carboxylic acids is 2. The molecule has 2 N–H and O–H groups in total. The zero-order valence-corrected chi connectivity index (χ0v) is 22.5. The van der Waals surface area contributed by atoms with Crippen molar-refractivity contribution in [2.75, 3.05) is 53.6 Å². The molecule has 11 nitrogen and oxygen atoms in total. The quantitative estimate of drug-likeness (QED) is 0.427. The summed E-state index contributed by atoms with van der Waals surface area (Å²) < 4.78 is 17.8. The first-order valence-electron chi connectivity index (χ1n) is 13.5. The first-order chi connectivity index (χ1) is 19.1. The van der Waals surface area contributed by atoms with Gasteiger partial charge in [0.25, 0.3) is 5.91 Å². The van der Waals surface area contributed by atoms with Crippen molar-refractivity contribution < 1.29 is 23.8 Å². The molecule has 1 aliphatic carbocycles. The van der Waals surface area contributed by atoms with Crippen LogP contribution < -0.4 is 20.1 Å². The minimum Gasteiger partial charge on any atom is -0.493 e. The van der Waals surface area contributed by atoms with E-state index in [1.807, 2.05) is 24.3 Å². The molecule has 0 unspecified atom stereocenters. The third-order valence-electron chi connectivity index (χ3n) is 7.53. The molecule has 0 atom stereocenters. The molecule has 1 saturated carbocycles. The highest BCUT2D eigenvalue weighted by atomic mass is 16.5. The lowest BCUT2D eigenvalue weighted by Gasteiger charge is -2.29. The third kappa shape index (κ3) is 6.31. The van der Waals surface area contributed by atoms with Crippen LogP contribution in [0.4, 0.5) is 0 Å². The lowest BCUT2D eigenvalue weighted by Crippen LogP contribution is -2.44. The Hall–Kier alpha value is -3.70. The van der Waals surface area contributed by atoms with E-state index >= 15 is 0 Å². The summed E-state index contributed by atoms with van der Waals surface area (Å²) in [4.78, 5) is 32.4. The Morgan fingerprint density at radius 2 is 1.79 bits per heavy atom. The number of nitrogens with one attached hydrogen (secondary N) is 2. The van der Waals surface area contributed by atoms with Crippen molar-refractivity contribution in [3.63, 3.8) is 0 Å². The Morgan fingerprint density at radius 3 is 2.54 bits per heavy atom. The second kappa shape index (κ2) is 12.4. The lowest BCUT2D eigenvalue weighted by atomic mass is 9.85. The largest absolute Gasteiger partial charge is 0.493 e. The van der Waals surface area contributed by atoms with E-state index in [0.717, 1.165) is 69.8 Å². The molecule has 39 heavy (non-hydrogen) atoms. The number of benzene rings is 1. The van der Waals surface area contributed by atoms with Gasteiger partial charge in [-0.25, -0.2) is 9.50 Å². The summed E-state index contributed by atoms with van der Waals surface area (Å²) >= 11 is 0. The normalized spacial score (nSPS) is 19.9. The molecule has 3 heterocycles. The van der Waals surface area contributed by atoms with Crippen LogP contribution in [0.2, 0.25) is 0 Å². The van der Waals surface area contributed by atoms with Crippen LogP contribution in [0.25, 0.3) is 16.9 Å². The fraction of sp³-hybridized carbons (Fsp3) is 0.500. The second-order valence-electron chi connectivity index (χ2n) is 9.97. The third-order valence-corrected chi connectivity index (χ3v) is 7.53. The van der Waals surface area contributed by atoms with E-state index < -0.39 is 0 Å². The number of ether oxygens (including phenoxy) is 3. The topological polar surface area (TPSA) is 119 Å². The SMILES string of the molecule is COc1ccc(-c2ccnc3cc(C(=O)N[C@H]4CC[C@H](C(=O)NCCN5CCOCC5)CC4)nn23)cc1OC. The van der Waals surface area contributed by atoms with Crippen LogP contribution in [-0.4, -0.2) is 91.0 Å². The van der Waals surface area contributed by atoms with Crippen LogP contribution in [-0.2, 0) is 9.53 Å². The molecule has 1 aromatic carbocycles. The minimum atomic E-state index is -0.239. The fourth-order valence-electron chi connectivity index (χ4n) is 5.29. The summed E-state index contributed by atoms with van der Waals surface area (Å²) in [7, 11) is 3.18. The summed E-state index contributed by atoms with van der Waals surface area (Å²) in [6.45, 7) is 4.86. The molecular formula is C28H36N6O5. The first-order valence-corrected chi connectivity index (χ1v) is 13.5. The Kier molecular flexibility index (Phi) is 8.58. The van der Waals surface area contributed by atoms with Gasteiger partial charge in [-0.15, -0.1) is 0 Å². The number of methoxy groups -OCH3 is 2. The van der Waals surface area contributed by atoms with Crippen LogP contribution in [0, 0.1) is 5.92 Å². The van der Waals surface area contributed by atoms with Crippen LogP contribution in [0.5, 0.6) is 11.5 Å². The zero-order valence-electron chi connectivity index (χ0n) is 22.5. The fourth-order valence-corrected chi connectivity index (χ4v) is 5.29. The van der Waals surface area contributed by atoms with Crippen molar-refractivity contribution in [2.24, 2.45) is 5.92 Å². The van der Waals surface area contributed by atoms with E-state index in [0.29, 0.717) is 29.4 Å². The van der Waals surface area contributed by atoms with Gasteiger partial charge in [0.05, 0.1) is 33.1 Å². The highest BCUT2D eigenvalue weighted by Gasteiger charge is 2.28. The zero-order chi connectivity index (χ0) is 27.2. The smallest absolute Gasteiger partial charge is 0.272 e. The number of hydrogen-bond donors (Lipinski definition) is 2. The van der Waals surface area contributed by atoms with Crippen LogP contribution >= 0.6 is 0 Å². The number of nitrogens with zero attached hydrogens (tertiary/aromatic N) is 4. The molecule has 2 amide bonds. The molecule has 0 bridgehead atoms. The number of fused-ring (bicyclic) bond motifs is 1. The number of carbonyl (C=O) groups is 2. The summed E-state index contributed by atoms with van der Waals surface area (Å²) in [6.07, 6.45) is 4.72. The first kappa shape index (κ1) is 26.9. The standard InChI is InChI=1S/C28H36N6O5/c1-37-24-8-5-20(17-25(24)38-2)23-9-10-29-26-18-22(32-34(23)26)28(36)31-21-6-3-19(4-7-21)27(35)30-11-12-33-13-15-39-16-14-33/h5,8-10,17-19,21H,3-4,6-7,11-16H2,1-2H3,(H,30,35)(H,31,36)/t19-,21-. The number of aromatic nitrogens is 3. The molecule has 2 aliphatic rings. The summed E-state index contributed by atoms with van der Waals surface area (Å²) in [5.74, 6) is 1.10. The minimum absolute atomic E-state index is 0.00807. The summed E-state index contributed by atoms with van der Waals surface area (Å²) in [6, 6.07) is 9.15. The van der Waals surface area contributed by atoms with E-state index in [1.54, 1.807) is 31.0 Å². The molecule has 1 saturated heterocycles. The molecule has 1 aliphatic heterocycles. The van der Waals surface area contributed by atoms with Gasteiger partial charge in [0.1, 0.15) is 0 Å². The van der Waals surface area contributed by atoms with Crippen molar-refractivity contribution in [3.05, 3.63) is 42.2 Å². The van der Waals surface area contributed by atoms with E-state index in [4.69, 9.17) is 14.2 Å². The monoisotopic (exact) mass is 536 g/mol. The maximum Gasteiger partial charge on any atom is 0.272 e. The van der Waals surface area contributed by atoms with Gasteiger partial charge < -0.3 is 24.8 Å². The van der Waals surface area contributed by atoms with Crippen LogP contribution in [0.1, 0.15) is 36.2 Å². The van der Waals surface area contributed by atoms with Crippen molar-refractivity contribution >= 4 is 17.5 Å². The Morgan fingerprint density at radius 1 is 1.03 bits per heavy atom. The van der Waals surface area contributed by atoms with Crippen molar-refractivity contribution in [1.29, 1.82) is 0 Å². The van der Waals surface area contributed by atoms with Crippen molar-refractivity contribution in [3.8, 4) is 22.8 Å². The molecule has 2 fully saturated rings. The number of hydrogen-bond acceptors (Lipinski definition) is 8. The van der Waals surface area contributed by atoms with Crippen LogP contribution in [0.15, 0.2) is 36.5 Å². The Bertz CT molecular complexity index is 1300. The molecule has 0 radical (unpaired) electrons. The molecule has 2 aromatic heterocycles. The van der Waals surface area contributed by atoms with Gasteiger partial charge in [-0.3, -0.25) is 14.5 Å². The maximum atomic E-state index is 13.1. The molecule has 5 rings (SSSR count). The van der Waals surface area contributed by atoms with Crippen molar-refractivity contribution in [1.82, 2.24) is 30.1 Å². The van der Waals surface area contributed by atoms with E-state index in [2.05, 4.69) is 25.6 Å². The van der Waals surface area contributed by atoms with Gasteiger partial charge in [-0.1, -0.05) is 0 Å². The summed E-state index contributed by atoms with van der Waals surface area (Å²) in [5, 5.41) is 10.8. The molecule has 208 valence electrons. The maximum absolute atomic E-state index is 13.1. The van der Waals surface area contributed by atoms with Gasteiger partial charge in [0.2, 0.25) is 5.91 Å². The predicted molar refractivity (Wildman–Crippen MR) is 145 cm³/mol. The number of amides is 2. The van der Waals surface area contributed by atoms with Gasteiger partial charge in [0, 0.05) is 56.0 Å². The molecular weight excluding hydrogens is 500 g/mol. The van der Waals surface area contributed by atoms with Crippen molar-refractivity contribution in [2.45, 2.75) is 31.7 Å². The highest BCUT2D eigenvalue weighted by Crippen LogP contribution is 2.32. The van der Waals surface area contributed by atoms with Gasteiger partial charge >= 0.3 is 0 Å². The molecule has 3 aromatic rings. The highest BCUT2D eigenvalue weighted by molar-refractivity contribution is 5.93. The Balaban J connectivity index is 1.16. The Labute approximate surface area is 227 Å². The van der Waals surface area contributed by atoms with E-state index in [-0.39, 0.29) is 23.8 Å². The number of rotatable bonds is 9. The van der Waals surface area contributed by atoms with Gasteiger partial charge in [0.15, 0.2) is 22.8 Å². The lowest BCUT2D eigenvalue weighted by molar-refractivity contribution is -0.126. The molecule has 11 heteroatoms. The van der Waals surface area contributed by atoms with Crippen LogP contribution in [0.3, 0.4) is 0 Å². The second-order valence-corrected chi connectivity index (χ2v) is 9.97. The van der Waals surface area contributed by atoms with E-state index in [9.17, 15) is 9.59 Å². The predicted octanol–water partition coefficient (Wildman–Crippen LogP) is 2.15. The average molecular weight is 537 g/mol. The summed E-state index contributed by atoms with van der Waals surface area (Å²) in [5.41, 5.74) is 2.51.